The van der Waals surface area contributed by atoms with Crippen molar-refractivity contribution in [2.24, 2.45) is 0 Å². The van der Waals surface area contributed by atoms with Crippen molar-refractivity contribution in [2.75, 3.05) is 0 Å². The zero-order valence-electron chi connectivity index (χ0n) is 9.25. The smallest absolute Gasteiger partial charge is 0.280 e. The Bertz CT molecular complexity index is 535. The maximum atomic E-state index is 10.6. The number of nitrogens with zero attached hydrogens (tertiary/aromatic N) is 3. The van der Waals surface area contributed by atoms with Crippen molar-refractivity contribution in [1.29, 1.82) is 0 Å². The normalized spacial score (nSPS) is 10.8. The Morgan fingerprint density at radius 1 is 1.59 bits per heavy atom. The second-order valence-electron chi connectivity index (χ2n) is 3.60. The van der Waals surface area contributed by atoms with E-state index < -0.39 is 0 Å². The van der Waals surface area contributed by atoms with E-state index in [9.17, 15) is 4.79 Å². The van der Waals surface area contributed by atoms with Crippen LogP contribution in [0, 0.1) is 0 Å². The summed E-state index contributed by atoms with van der Waals surface area (Å²) in [6, 6.07) is 0.262. The Balaban J connectivity index is 2.16. The van der Waals surface area contributed by atoms with Crippen molar-refractivity contribution >= 4 is 29.2 Å². The van der Waals surface area contributed by atoms with Crippen LogP contribution in [0.5, 0.6) is 10.9 Å². The molecule has 0 amide bonds. The minimum Gasteiger partial charge on any atom is -0.427 e. The molecule has 5 nitrogen and oxygen atoms in total. The largest absolute Gasteiger partial charge is 0.427 e. The molecule has 7 heteroatoms. The molecular formula is C10H10ClN3O2S. The lowest BCUT2D eigenvalue weighted by Gasteiger charge is -2.02. The molecule has 0 saturated heterocycles. The predicted octanol–water partition coefficient (Wildman–Crippen LogP) is 3.18. The fourth-order valence-electron chi connectivity index (χ4n) is 1.17. The van der Waals surface area contributed by atoms with E-state index in [1.165, 1.54) is 0 Å². The van der Waals surface area contributed by atoms with Crippen LogP contribution in [0.2, 0.25) is 5.15 Å². The number of carbonyl (C=O) groups is 1. The SMILES string of the molecule is CC(C)n1cc(Oc2nc(Cl)c(C=O)s2)cn1. The molecule has 0 atom stereocenters. The lowest BCUT2D eigenvalue weighted by molar-refractivity contribution is 0.112. The van der Waals surface area contributed by atoms with Crippen molar-refractivity contribution in [2.45, 2.75) is 19.9 Å². The molecule has 0 bridgehead atoms. The van der Waals surface area contributed by atoms with E-state index in [4.69, 9.17) is 16.3 Å². The van der Waals surface area contributed by atoms with Crippen LogP contribution in [-0.2, 0) is 0 Å². The number of aldehydes is 1. The van der Waals surface area contributed by atoms with Crippen LogP contribution in [0.15, 0.2) is 12.4 Å². The van der Waals surface area contributed by atoms with Gasteiger partial charge in [0.05, 0.1) is 12.4 Å². The van der Waals surface area contributed by atoms with Gasteiger partial charge < -0.3 is 4.74 Å². The monoisotopic (exact) mass is 271 g/mol. The Morgan fingerprint density at radius 3 is 2.88 bits per heavy atom. The predicted molar refractivity (Wildman–Crippen MR) is 65.2 cm³/mol. The highest BCUT2D eigenvalue weighted by molar-refractivity contribution is 7.15. The standard InChI is InChI=1S/C10H10ClN3O2S/c1-6(2)14-4-7(3-12-14)16-10-13-9(11)8(5-15)17-10/h3-6H,1-2H3. The van der Waals surface area contributed by atoms with Gasteiger partial charge in [0, 0.05) is 6.04 Å². The first-order valence-electron chi connectivity index (χ1n) is 4.93. The highest BCUT2D eigenvalue weighted by Crippen LogP contribution is 2.30. The Morgan fingerprint density at radius 2 is 2.35 bits per heavy atom. The van der Waals surface area contributed by atoms with Crippen LogP contribution in [0.25, 0.3) is 0 Å². The second kappa shape index (κ2) is 4.85. The molecule has 2 aromatic rings. The fraction of sp³-hybridized carbons (Fsp3) is 0.300. The number of rotatable bonds is 4. The molecule has 0 radical (unpaired) electrons. The van der Waals surface area contributed by atoms with Gasteiger partial charge >= 0.3 is 0 Å². The summed E-state index contributed by atoms with van der Waals surface area (Å²) in [6.45, 7) is 4.03. The number of hydrogen-bond donors (Lipinski definition) is 0. The molecule has 0 unspecified atom stereocenters. The molecule has 0 aliphatic heterocycles. The van der Waals surface area contributed by atoms with Gasteiger partial charge in [-0.1, -0.05) is 22.9 Å². The summed E-state index contributed by atoms with van der Waals surface area (Å²) >= 11 is 6.84. The molecule has 90 valence electrons. The van der Waals surface area contributed by atoms with Crippen LogP contribution in [-0.4, -0.2) is 21.1 Å². The highest BCUT2D eigenvalue weighted by Gasteiger charge is 2.11. The topological polar surface area (TPSA) is 57.0 Å². The molecule has 0 N–H and O–H groups in total. The third kappa shape index (κ3) is 2.65. The maximum absolute atomic E-state index is 10.6. The van der Waals surface area contributed by atoms with Crippen molar-refractivity contribution in [3.05, 3.63) is 22.4 Å². The van der Waals surface area contributed by atoms with Gasteiger partial charge in [0.15, 0.2) is 17.2 Å². The first-order chi connectivity index (χ1) is 8.10. The second-order valence-corrected chi connectivity index (χ2v) is 4.96. The van der Waals surface area contributed by atoms with Crippen molar-refractivity contribution in [3.8, 4) is 10.9 Å². The van der Waals surface area contributed by atoms with E-state index in [-0.39, 0.29) is 11.2 Å². The molecule has 0 spiro atoms. The maximum Gasteiger partial charge on any atom is 0.280 e. The zero-order chi connectivity index (χ0) is 12.4. The van der Waals surface area contributed by atoms with Crippen LogP contribution < -0.4 is 4.74 Å². The van der Waals surface area contributed by atoms with E-state index >= 15 is 0 Å². The Kier molecular flexibility index (Phi) is 3.44. The minimum atomic E-state index is 0.163. The van der Waals surface area contributed by atoms with Crippen LogP contribution >= 0.6 is 22.9 Å². The summed E-state index contributed by atoms with van der Waals surface area (Å²) in [7, 11) is 0. The Hall–Kier alpha value is -1.40. The molecule has 17 heavy (non-hydrogen) atoms. The molecule has 0 aliphatic rings. The fourth-order valence-corrected chi connectivity index (χ4v) is 2.10. The van der Waals surface area contributed by atoms with E-state index in [1.807, 2.05) is 13.8 Å². The van der Waals surface area contributed by atoms with Crippen molar-refractivity contribution in [3.63, 3.8) is 0 Å². The average molecular weight is 272 g/mol. The molecule has 0 fully saturated rings. The molecule has 2 aromatic heterocycles. The van der Waals surface area contributed by atoms with Gasteiger partial charge in [-0.2, -0.15) is 10.1 Å². The van der Waals surface area contributed by atoms with Gasteiger partial charge in [-0.15, -0.1) is 0 Å². The van der Waals surface area contributed by atoms with Crippen molar-refractivity contribution < 1.29 is 9.53 Å². The lowest BCUT2D eigenvalue weighted by atomic mass is 10.4. The van der Waals surface area contributed by atoms with Gasteiger partial charge in [0.2, 0.25) is 0 Å². The summed E-state index contributed by atoms with van der Waals surface area (Å²) < 4.78 is 7.22. The van der Waals surface area contributed by atoms with Crippen LogP contribution in [0.4, 0.5) is 0 Å². The third-order valence-corrected chi connectivity index (χ3v) is 3.27. The number of aromatic nitrogens is 3. The van der Waals surface area contributed by atoms with E-state index in [1.54, 1.807) is 17.1 Å². The number of carbonyl (C=O) groups excluding carboxylic acids is 1. The van der Waals surface area contributed by atoms with Gasteiger partial charge in [-0.05, 0) is 13.8 Å². The van der Waals surface area contributed by atoms with E-state index in [2.05, 4.69) is 10.1 Å². The summed E-state index contributed by atoms with van der Waals surface area (Å²) in [6.07, 6.45) is 4.01. The van der Waals surface area contributed by atoms with Crippen molar-refractivity contribution in [1.82, 2.24) is 14.8 Å². The molecular weight excluding hydrogens is 262 g/mol. The van der Waals surface area contributed by atoms with Gasteiger partial charge in [0.1, 0.15) is 4.88 Å². The molecule has 0 aromatic carbocycles. The number of halogens is 1. The molecule has 2 rings (SSSR count). The van der Waals surface area contributed by atoms with Gasteiger partial charge in [0.25, 0.3) is 5.19 Å². The number of ether oxygens (including phenoxy) is 1. The van der Waals surface area contributed by atoms with E-state index in [0.717, 1.165) is 11.3 Å². The first-order valence-corrected chi connectivity index (χ1v) is 6.13. The van der Waals surface area contributed by atoms with Crippen LogP contribution in [0.1, 0.15) is 29.6 Å². The van der Waals surface area contributed by atoms with Gasteiger partial charge in [-0.25, -0.2) is 0 Å². The van der Waals surface area contributed by atoms with E-state index in [0.29, 0.717) is 22.1 Å². The minimum absolute atomic E-state index is 0.163. The molecule has 0 aliphatic carbocycles. The molecule has 2 heterocycles. The lowest BCUT2D eigenvalue weighted by Crippen LogP contribution is -1.99. The quantitative estimate of drug-likeness (QED) is 0.802. The summed E-state index contributed by atoms with van der Waals surface area (Å²) in [4.78, 5) is 14.9. The summed E-state index contributed by atoms with van der Waals surface area (Å²) in [5.41, 5.74) is 0. The number of thiazole rings is 1. The summed E-state index contributed by atoms with van der Waals surface area (Å²) in [5.74, 6) is 0.571. The van der Waals surface area contributed by atoms with Crippen LogP contribution in [0.3, 0.4) is 0 Å². The third-order valence-electron chi connectivity index (χ3n) is 2.01. The van der Waals surface area contributed by atoms with Gasteiger partial charge in [-0.3, -0.25) is 9.48 Å². The average Bonchev–Trinajstić information content (AvgIpc) is 2.86. The first kappa shape index (κ1) is 12.1. The zero-order valence-corrected chi connectivity index (χ0v) is 10.8. The molecule has 0 saturated carbocycles. The summed E-state index contributed by atoms with van der Waals surface area (Å²) in [5, 5.41) is 4.62. The highest BCUT2D eigenvalue weighted by atomic mass is 35.5. The number of hydrogen-bond acceptors (Lipinski definition) is 5. The Labute approximate surface area is 107 Å².